The summed E-state index contributed by atoms with van der Waals surface area (Å²) >= 11 is 0. The van der Waals surface area contributed by atoms with Crippen molar-refractivity contribution in [3.63, 3.8) is 0 Å². The van der Waals surface area contributed by atoms with E-state index >= 15 is 0 Å². The van der Waals surface area contributed by atoms with Gasteiger partial charge in [0.2, 0.25) is 0 Å². The first-order chi connectivity index (χ1) is 6.20. The number of ether oxygens (including phenoxy) is 1. The van der Waals surface area contributed by atoms with Crippen LogP contribution < -0.4 is 5.73 Å². The summed E-state index contributed by atoms with van der Waals surface area (Å²) in [5, 5.41) is 6.89. The van der Waals surface area contributed by atoms with Crippen molar-refractivity contribution in [2.24, 2.45) is 5.73 Å². The Morgan fingerprint density at radius 3 is 2.77 bits per heavy atom. The van der Waals surface area contributed by atoms with E-state index in [1.54, 1.807) is 0 Å². The molecule has 0 aromatic rings. The highest BCUT2D eigenvalue weighted by Gasteiger charge is 2.14. The van der Waals surface area contributed by atoms with Gasteiger partial charge < -0.3 is 15.6 Å². The molecule has 0 amide bonds. The monoisotopic (exact) mass is 189 g/mol. The second-order valence-corrected chi connectivity index (χ2v) is 3.30. The normalized spacial score (nSPS) is 23.1. The number of carbonyl (C=O) groups is 1. The van der Waals surface area contributed by atoms with Gasteiger partial charge in [-0.05, 0) is 32.6 Å². The molecule has 1 saturated heterocycles. The molecular formula is C9H19NO3. The predicted octanol–water partition coefficient (Wildman–Crippen LogP) is 0.994. The molecule has 78 valence electrons. The lowest BCUT2D eigenvalue weighted by Gasteiger charge is -2.10. The number of rotatable bonds is 3. The van der Waals surface area contributed by atoms with Crippen LogP contribution in [-0.4, -0.2) is 30.3 Å². The Bertz CT molecular complexity index is 122. The van der Waals surface area contributed by atoms with Crippen molar-refractivity contribution in [2.75, 3.05) is 6.61 Å². The van der Waals surface area contributed by atoms with E-state index in [9.17, 15) is 0 Å². The van der Waals surface area contributed by atoms with Crippen LogP contribution in [0.4, 0.5) is 0 Å². The van der Waals surface area contributed by atoms with Crippen LogP contribution in [0.3, 0.4) is 0 Å². The Morgan fingerprint density at radius 2 is 2.38 bits per heavy atom. The Morgan fingerprint density at radius 1 is 1.77 bits per heavy atom. The van der Waals surface area contributed by atoms with E-state index < -0.39 is 0 Å². The van der Waals surface area contributed by atoms with Crippen LogP contribution in [0.1, 0.15) is 32.6 Å². The van der Waals surface area contributed by atoms with Crippen LogP contribution in [0, 0.1) is 0 Å². The molecule has 1 rings (SSSR count). The molecule has 13 heavy (non-hydrogen) atoms. The topological polar surface area (TPSA) is 72.5 Å². The van der Waals surface area contributed by atoms with Gasteiger partial charge in [-0.2, -0.15) is 0 Å². The van der Waals surface area contributed by atoms with Gasteiger partial charge in [0.05, 0.1) is 6.10 Å². The van der Waals surface area contributed by atoms with Gasteiger partial charge in [0.15, 0.2) is 0 Å². The van der Waals surface area contributed by atoms with Crippen molar-refractivity contribution in [1.29, 1.82) is 0 Å². The highest BCUT2D eigenvalue weighted by Crippen LogP contribution is 2.16. The van der Waals surface area contributed by atoms with Crippen molar-refractivity contribution in [2.45, 2.75) is 44.8 Å². The van der Waals surface area contributed by atoms with E-state index in [0.717, 1.165) is 19.4 Å². The summed E-state index contributed by atoms with van der Waals surface area (Å²) < 4.78 is 5.45. The lowest BCUT2D eigenvalue weighted by atomic mass is 10.1. The van der Waals surface area contributed by atoms with E-state index in [-0.39, 0.29) is 6.47 Å². The average molecular weight is 189 g/mol. The maximum Gasteiger partial charge on any atom is 0.290 e. The average Bonchev–Trinajstić information content (AvgIpc) is 2.54. The first-order valence-electron chi connectivity index (χ1n) is 4.65. The molecule has 4 nitrogen and oxygen atoms in total. The molecular weight excluding hydrogens is 170 g/mol. The Hall–Kier alpha value is -0.610. The highest BCUT2D eigenvalue weighted by molar-refractivity contribution is 5.32. The van der Waals surface area contributed by atoms with Gasteiger partial charge in [-0.3, -0.25) is 4.79 Å². The van der Waals surface area contributed by atoms with Gasteiger partial charge in [0.1, 0.15) is 0 Å². The number of hydrogen-bond acceptors (Lipinski definition) is 3. The molecule has 0 spiro atoms. The molecule has 0 aliphatic carbocycles. The third-order valence-electron chi connectivity index (χ3n) is 1.97. The van der Waals surface area contributed by atoms with Crippen molar-refractivity contribution in [1.82, 2.24) is 0 Å². The zero-order valence-electron chi connectivity index (χ0n) is 8.11. The smallest absolute Gasteiger partial charge is 0.290 e. The Labute approximate surface area is 79.1 Å². The van der Waals surface area contributed by atoms with E-state index in [1.165, 1.54) is 12.8 Å². The lowest BCUT2D eigenvalue weighted by Crippen LogP contribution is -2.17. The number of nitrogens with two attached hydrogens (primary N) is 1. The second-order valence-electron chi connectivity index (χ2n) is 3.30. The van der Waals surface area contributed by atoms with Crippen molar-refractivity contribution < 1.29 is 14.6 Å². The first kappa shape index (κ1) is 12.4. The van der Waals surface area contributed by atoms with Crippen molar-refractivity contribution in [3.8, 4) is 0 Å². The summed E-state index contributed by atoms with van der Waals surface area (Å²) in [5.74, 6) is 0. The summed E-state index contributed by atoms with van der Waals surface area (Å²) in [5.41, 5.74) is 5.61. The number of carboxylic acid groups (broad SMARTS) is 1. The minimum absolute atomic E-state index is 0.250. The Balaban J connectivity index is 0.000000424. The molecule has 0 aromatic heterocycles. The maximum absolute atomic E-state index is 8.36. The van der Waals surface area contributed by atoms with Crippen LogP contribution >= 0.6 is 0 Å². The van der Waals surface area contributed by atoms with E-state index in [1.807, 2.05) is 0 Å². The van der Waals surface area contributed by atoms with Gasteiger partial charge in [0, 0.05) is 12.6 Å². The molecule has 0 bridgehead atoms. The standard InChI is InChI=1S/C8H17NO.CH2O2/c1-7(9)4-5-8-3-2-6-10-8;2-1-3/h7-8H,2-6,9H2,1H3;1H,(H,2,3). The largest absolute Gasteiger partial charge is 0.483 e. The molecule has 2 atom stereocenters. The van der Waals surface area contributed by atoms with Crippen LogP contribution in [0.15, 0.2) is 0 Å². The minimum Gasteiger partial charge on any atom is -0.483 e. The fourth-order valence-corrected chi connectivity index (χ4v) is 1.32. The van der Waals surface area contributed by atoms with Gasteiger partial charge in [-0.25, -0.2) is 0 Å². The van der Waals surface area contributed by atoms with E-state index in [2.05, 4.69) is 6.92 Å². The number of hydrogen-bond donors (Lipinski definition) is 2. The fourth-order valence-electron chi connectivity index (χ4n) is 1.32. The molecule has 0 radical (unpaired) electrons. The van der Waals surface area contributed by atoms with Crippen molar-refractivity contribution in [3.05, 3.63) is 0 Å². The molecule has 1 aliphatic rings. The SMILES string of the molecule is CC(N)CCC1CCCO1.O=CO. The molecule has 1 heterocycles. The summed E-state index contributed by atoms with van der Waals surface area (Å²) in [6, 6.07) is 0.337. The van der Waals surface area contributed by atoms with Crippen LogP contribution in [0.25, 0.3) is 0 Å². The van der Waals surface area contributed by atoms with Gasteiger partial charge in [0.25, 0.3) is 6.47 Å². The van der Waals surface area contributed by atoms with Crippen molar-refractivity contribution >= 4 is 6.47 Å². The van der Waals surface area contributed by atoms with E-state index in [4.69, 9.17) is 20.4 Å². The third kappa shape index (κ3) is 7.74. The molecule has 4 heteroatoms. The quantitative estimate of drug-likeness (QED) is 0.649. The minimum atomic E-state index is -0.250. The molecule has 3 N–H and O–H groups in total. The molecule has 0 saturated carbocycles. The zero-order chi connectivity index (χ0) is 10.1. The van der Waals surface area contributed by atoms with Gasteiger partial charge >= 0.3 is 0 Å². The highest BCUT2D eigenvalue weighted by atomic mass is 16.5. The summed E-state index contributed by atoms with van der Waals surface area (Å²) in [6.45, 7) is 2.76. The van der Waals surface area contributed by atoms with E-state index in [0.29, 0.717) is 12.1 Å². The zero-order valence-corrected chi connectivity index (χ0v) is 8.11. The maximum atomic E-state index is 8.36. The third-order valence-corrected chi connectivity index (χ3v) is 1.97. The second kappa shape index (κ2) is 8.01. The van der Waals surface area contributed by atoms with Gasteiger partial charge in [-0.15, -0.1) is 0 Å². The van der Waals surface area contributed by atoms with Crippen LogP contribution in [-0.2, 0) is 9.53 Å². The lowest BCUT2D eigenvalue weighted by molar-refractivity contribution is -0.122. The van der Waals surface area contributed by atoms with Crippen LogP contribution in [0.2, 0.25) is 0 Å². The molecule has 0 aromatic carbocycles. The molecule has 2 unspecified atom stereocenters. The summed E-state index contributed by atoms with van der Waals surface area (Å²) in [4.78, 5) is 8.36. The molecule has 1 aliphatic heterocycles. The van der Waals surface area contributed by atoms with Crippen LogP contribution in [0.5, 0.6) is 0 Å². The van der Waals surface area contributed by atoms with Gasteiger partial charge in [-0.1, -0.05) is 0 Å². The Kier molecular flexibility index (Phi) is 7.63. The molecule has 1 fully saturated rings. The predicted molar refractivity (Wildman–Crippen MR) is 50.6 cm³/mol. The first-order valence-corrected chi connectivity index (χ1v) is 4.65. The fraction of sp³-hybridized carbons (Fsp3) is 0.889. The summed E-state index contributed by atoms with van der Waals surface area (Å²) in [7, 11) is 0. The summed E-state index contributed by atoms with van der Waals surface area (Å²) in [6.07, 6.45) is 5.25.